The number of halogens is 1. The molecule has 0 heterocycles. The van der Waals surface area contributed by atoms with Gasteiger partial charge in [0.15, 0.2) is 17.3 Å². The maximum atomic E-state index is 12.8. The number of carbonyl (C=O) groups is 2. The molecule has 2 aromatic carbocycles. The van der Waals surface area contributed by atoms with Gasteiger partial charge >= 0.3 is 0 Å². The summed E-state index contributed by atoms with van der Waals surface area (Å²) in [7, 11) is 2.64. The predicted octanol–water partition coefficient (Wildman–Crippen LogP) is 3.00. The fourth-order valence-electron chi connectivity index (χ4n) is 2.75. The van der Waals surface area contributed by atoms with Gasteiger partial charge in [0.25, 0.3) is 0 Å². The number of hydrogen-bond acceptors (Lipinski definition) is 5. The SMILES string of the molecule is COc1c(Cl)c(C#N)c(OC)c2c1C(=O)c1ccccc1C2=O. The van der Waals surface area contributed by atoms with Gasteiger partial charge in [-0.25, -0.2) is 0 Å². The van der Waals surface area contributed by atoms with Crippen LogP contribution in [-0.2, 0) is 0 Å². The predicted molar refractivity (Wildman–Crippen MR) is 82.6 cm³/mol. The van der Waals surface area contributed by atoms with Crippen molar-refractivity contribution in [2.75, 3.05) is 14.2 Å². The van der Waals surface area contributed by atoms with Crippen molar-refractivity contribution >= 4 is 23.2 Å². The Morgan fingerprint density at radius 2 is 1.43 bits per heavy atom. The van der Waals surface area contributed by atoms with Crippen LogP contribution in [0.2, 0.25) is 5.02 Å². The molecule has 0 N–H and O–H groups in total. The van der Waals surface area contributed by atoms with Gasteiger partial charge in [-0.2, -0.15) is 5.26 Å². The molecule has 0 spiro atoms. The third-order valence-corrected chi connectivity index (χ3v) is 4.10. The molecule has 0 aliphatic heterocycles. The smallest absolute Gasteiger partial charge is 0.198 e. The fourth-order valence-corrected chi connectivity index (χ4v) is 3.05. The average Bonchev–Trinajstić information content (AvgIpc) is 2.58. The molecular weight excluding hydrogens is 318 g/mol. The molecule has 23 heavy (non-hydrogen) atoms. The van der Waals surface area contributed by atoms with Gasteiger partial charge in [-0.15, -0.1) is 0 Å². The van der Waals surface area contributed by atoms with E-state index in [9.17, 15) is 14.9 Å². The highest BCUT2D eigenvalue weighted by Crippen LogP contribution is 2.45. The normalized spacial score (nSPS) is 12.3. The van der Waals surface area contributed by atoms with Gasteiger partial charge in [0.2, 0.25) is 0 Å². The van der Waals surface area contributed by atoms with E-state index >= 15 is 0 Å². The standard InChI is InChI=1S/C17H10ClNO4/c1-22-16-10(7-19)13(18)17(23-2)12-11(16)14(20)8-5-3-4-6-9(8)15(12)21/h3-6H,1-2H3. The summed E-state index contributed by atoms with van der Waals surface area (Å²) >= 11 is 6.18. The summed E-state index contributed by atoms with van der Waals surface area (Å²) in [5, 5.41) is 9.28. The van der Waals surface area contributed by atoms with Gasteiger partial charge in [-0.1, -0.05) is 35.9 Å². The number of fused-ring (bicyclic) bond motifs is 2. The molecule has 0 fully saturated rings. The van der Waals surface area contributed by atoms with Crippen molar-refractivity contribution in [3.63, 3.8) is 0 Å². The number of hydrogen-bond donors (Lipinski definition) is 0. The summed E-state index contributed by atoms with van der Waals surface area (Å²) in [5.74, 6) is -0.803. The third kappa shape index (κ3) is 1.92. The second-order valence-electron chi connectivity index (χ2n) is 4.82. The van der Waals surface area contributed by atoms with E-state index in [4.69, 9.17) is 21.1 Å². The molecule has 0 saturated heterocycles. The highest BCUT2D eigenvalue weighted by Gasteiger charge is 2.38. The van der Waals surface area contributed by atoms with Crippen molar-refractivity contribution in [3.05, 3.63) is 57.1 Å². The van der Waals surface area contributed by atoms with Gasteiger partial charge in [-0.3, -0.25) is 9.59 Å². The lowest BCUT2D eigenvalue weighted by molar-refractivity contribution is 0.0974. The van der Waals surface area contributed by atoms with Crippen LogP contribution in [0.5, 0.6) is 11.5 Å². The lowest BCUT2D eigenvalue weighted by Gasteiger charge is -2.23. The number of ketones is 2. The molecule has 0 saturated carbocycles. The summed E-state index contributed by atoms with van der Waals surface area (Å²) < 4.78 is 10.4. The maximum Gasteiger partial charge on any atom is 0.198 e. The van der Waals surface area contributed by atoms with Crippen molar-refractivity contribution in [1.29, 1.82) is 5.26 Å². The molecular formula is C17H10ClNO4. The highest BCUT2D eigenvalue weighted by atomic mass is 35.5. The Kier molecular flexibility index (Phi) is 3.55. The summed E-state index contributed by atoms with van der Waals surface area (Å²) in [6, 6.07) is 8.36. The van der Waals surface area contributed by atoms with E-state index in [2.05, 4.69) is 0 Å². The van der Waals surface area contributed by atoms with Crippen LogP contribution in [0.3, 0.4) is 0 Å². The molecule has 5 nitrogen and oxygen atoms in total. The lowest BCUT2D eigenvalue weighted by atomic mass is 9.82. The highest BCUT2D eigenvalue weighted by molar-refractivity contribution is 6.37. The van der Waals surface area contributed by atoms with Crippen LogP contribution in [0.4, 0.5) is 0 Å². The van der Waals surface area contributed by atoms with Crippen LogP contribution < -0.4 is 9.47 Å². The van der Waals surface area contributed by atoms with Crippen LogP contribution in [0, 0.1) is 11.3 Å². The molecule has 1 aliphatic rings. The zero-order chi connectivity index (χ0) is 16.7. The topological polar surface area (TPSA) is 76.4 Å². The van der Waals surface area contributed by atoms with Crippen molar-refractivity contribution in [2.24, 2.45) is 0 Å². The van der Waals surface area contributed by atoms with Gasteiger partial charge < -0.3 is 9.47 Å². The van der Waals surface area contributed by atoms with Crippen LogP contribution in [0.1, 0.15) is 37.4 Å². The Hall–Kier alpha value is -2.84. The van der Waals surface area contributed by atoms with E-state index in [0.717, 1.165) is 0 Å². The number of nitriles is 1. The Morgan fingerprint density at radius 3 is 1.87 bits per heavy atom. The van der Waals surface area contributed by atoms with Crippen LogP contribution in [-0.4, -0.2) is 25.8 Å². The lowest BCUT2D eigenvalue weighted by Crippen LogP contribution is -2.23. The van der Waals surface area contributed by atoms with E-state index < -0.39 is 11.6 Å². The molecule has 1 aliphatic carbocycles. The first-order valence-electron chi connectivity index (χ1n) is 6.62. The van der Waals surface area contributed by atoms with E-state index in [1.54, 1.807) is 24.3 Å². The number of ether oxygens (including phenoxy) is 2. The molecule has 114 valence electrons. The minimum Gasteiger partial charge on any atom is -0.495 e. The average molecular weight is 328 g/mol. The van der Waals surface area contributed by atoms with E-state index in [-0.39, 0.29) is 44.3 Å². The molecule has 6 heteroatoms. The number of methoxy groups -OCH3 is 2. The van der Waals surface area contributed by atoms with Gasteiger partial charge in [-0.05, 0) is 0 Å². The minimum atomic E-state index is -0.404. The number of carbonyl (C=O) groups excluding carboxylic acids is 2. The second kappa shape index (κ2) is 5.41. The summed E-state index contributed by atoms with van der Waals surface area (Å²) in [5.41, 5.74) is 0.527. The van der Waals surface area contributed by atoms with Gasteiger partial charge in [0, 0.05) is 11.1 Å². The summed E-state index contributed by atoms with van der Waals surface area (Å²) in [4.78, 5) is 25.7. The van der Waals surface area contributed by atoms with Crippen molar-refractivity contribution < 1.29 is 19.1 Å². The Morgan fingerprint density at radius 1 is 0.957 bits per heavy atom. The molecule has 3 rings (SSSR count). The van der Waals surface area contributed by atoms with Gasteiger partial charge in [0.05, 0.1) is 25.3 Å². The Bertz CT molecular complexity index is 912. The summed E-state index contributed by atoms with van der Waals surface area (Å²) in [6.07, 6.45) is 0. The van der Waals surface area contributed by atoms with Crippen LogP contribution in [0.15, 0.2) is 24.3 Å². The van der Waals surface area contributed by atoms with Crippen molar-refractivity contribution in [2.45, 2.75) is 0 Å². The maximum absolute atomic E-state index is 12.8. The first-order valence-corrected chi connectivity index (χ1v) is 7.00. The first-order chi connectivity index (χ1) is 11.1. The minimum absolute atomic E-state index is 0.00636. The number of rotatable bonds is 2. The van der Waals surface area contributed by atoms with Crippen molar-refractivity contribution in [3.8, 4) is 17.6 Å². The summed E-state index contributed by atoms with van der Waals surface area (Å²) in [6.45, 7) is 0. The molecule has 0 atom stereocenters. The number of nitrogens with zero attached hydrogens (tertiary/aromatic N) is 1. The van der Waals surface area contributed by atoms with E-state index in [0.29, 0.717) is 0 Å². The Balaban J connectivity index is 2.50. The molecule has 0 amide bonds. The van der Waals surface area contributed by atoms with Gasteiger partial charge in [0.1, 0.15) is 22.4 Å². The number of benzene rings is 2. The van der Waals surface area contributed by atoms with Crippen LogP contribution in [0.25, 0.3) is 0 Å². The zero-order valence-corrected chi connectivity index (χ0v) is 13.0. The Labute approximate surface area is 137 Å². The molecule has 2 aromatic rings. The third-order valence-electron chi connectivity index (χ3n) is 3.74. The monoisotopic (exact) mass is 327 g/mol. The first kappa shape index (κ1) is 15.1. The quantitative estimate of drug-likeness (QED) is 0.723. The van der Waals surface area contributed by atoms with Crippen LogP contribution >= 0.6 is 11.6 Å². The molecule has 0 aromatic heterocycles. The molecule has 0 unspecified atom stereocenters. The zero-order valence-electron chi connectivity index (χ0n) is 12.3. The second-order valence-corrected chi connectivity index (χ2v) is 5.20. The van der Waals surface area contributed by atoms with Crippen molar-refractivity contribution in [1.82, 2.24) is 0 Å². The van der Waals surface area contributed by atoms with E-state index in [1.165, 1.54) is 14.2 Å². The molecule has 0 radical (unpaired) electrons. The van der Waals surface area contributed by atoms with E-state index in [1.807, 2.05) is 6.07 Å². The largest absolute Gasteiger partial charge is 0.495 e. The fraction of sp³-hybridized carbons (Fsp3) is 0.118. The molecule has 0 bridgehead atoms.